The summed E-state index contributed by atoms with van der Waals surface area (Å²) in [6.45, 7) is 2.21. The third-order valence-electron chi connectivity index (χ3n) is 4.64. The molecule has 0 aliphatic heterocycles. The van der Waals surface area contributed by atoms with E-state index in [-0.39, 0.29) is 5.43 Å². The maximum absolute atomic E-state index is 13.0. The molecule has 0 aliphatic rings. The van der Waals surface area contributed by atoms with Gasteiger partial charge in [-0.2, -0.15) is 0 Å². The Morgan fingerprint density at radius 3 is 2.50 bits per heavy atom. The lowest BCUT2D eigenvalue weighted by atomic mass is 10.0. The minimum absolute atomic E-state index is 0.0377. The number of aryl methyl sites for hydroxylation is 1. The number of methoxy groups -OCH3 is 1. The molecule has 0 saturated heterocycles. The molecule has 0 bridgehead atoms. The normalized spacial score (nSPS) is 10.8. The SMILES string of the molecule is COc1cccc(COc2ccc3c(=O)c(-c4ccccc4)c(C)oc3c2)c1. The molecule has 28 heavy (non-hydrogen) atoms. The summed E-state index contributed by atoms with van der Waals surface area (Å²) in [6, 6.07) is 22.6. The van der Waals surface area contributed by atoms with Crippen LogP contribution in [0.5, 0.6) is 11.5 Å². The highest BCUT2D eigenvalue weighted by molar-refractivity contribution is 5.83. The van der Waals surface area contributed by atoms with Crippen LogP contribution in [0, 0.1) is 6.92 Å². The Balaban J connectivity index is 1.65. The van der Waals surface area contributed by atoms with Crippen LogP contribution in [-0.2, 0) is 6.61 Å². The molecule has 4 aromatic rings. The van der Waals surface area contributed by atoms with Crippen LogP contribution in [0.3, 0.4) is 0 Å². The van der Waals surface area contributed by atoms with E-state index in [9.17, 15) is 4.79 Å². The number of fused-ring (bicyclic) bond motifs is 1. The monoisotopic (exact) mass is 372 g/mol. The van der Waals surface area contributed by atoms with Gasteiger partial charge in [0.05, 0.1) is 18.1 Å². The van der Waals surface area contributed by atoms with Crippen molar-refractivity contribution >= 4 is 11.0 Å². The fourth-order valence-corrected chi connectivity index (χ4v) is 3.24. The number of ether oxygens (including phenoxy) is 2. The van der Waals surface area contributed by atoms with Gasteiger partial charge in [-0.05, 0) is 42.3 Å². The molecule has 0 atom stereocenters. The molecule has 0 amide bonds. The van der Waals surface area contributed by atoms with Crippen molar-refractivity contribution in [1.29, 1.82) is 0 Å². The molecule has 4 rings (SSSR count). The van der Waals surface area contributed by atoms with E-state index in [0.29, 0.717) is 34.6 Å². The number of hydrogen-bond acceptors (Lipinski definition) is 4. The summed E-state index contributed by atoms with van der Waals surface area (Å²) >= 11 is 0. The maximum atomic E-state index is 13.0. The van der Waals surface area contributed by atoms with Crippen molar-refractivity contribution in [3.63, 3.8) is 0 Å². The Kier molecular flexibility index (Phi) is 4.85. The van der Waals surface area contributed by atoms with Gasteiger partial charge >= 0.3 is 0 Å². The zero-order chi connectivity index (χ0) is 19.5. The molecule has 0 fully saturated rings. The van der Waals surface area contributed by atoms with E-state index in [2.05, 4.69) is 0 Å². The lowest BCUT2D eigenvalue weighted by Gasteiger charge is -2.10. The van der Waals surface area contributed by atoms with Crippen molar-refractivity contribution in [2.24, 2.45) is 0 Å². The minimum atomic E-state index is -0.0377. The Labute approximate surface area is 163 Å². The van der Waals surface area contributed by atoms with E-state index in [4.69, 9.17) is 13.9 Å². The second kappa shape index (κ2) is 7.61. The topological polar surface area (TPSA) is 48.7 Å². The maximum Gasteiger partial charge on any atom is 0.200 e. The molecule has 0 saturated carbocycles. The van der Waals surface area contributed by atoms with Crippen LogP contribution in [0.15, 0.2) is 82.0 Å². The van der Waals surface area contributed by atoms with Crippen molar-refractivity contribution in [3.8, 4) is 22.6 Å². The third-order valence-corrected chi connectivity index (χ3v) is 4.64. The fraction of sp³-hybridized carbons (Fsp3) is 0.125. The molecule has 1 aromatic heterocycles. The van der Waals surface area contributed by atoms with Gasteiger partial charge in [0.1, 0.15) is 29.4 Å². The lowest BCUT2D eigenvalue weighted by molar-refractivity contribution is 0.305. The van der Waals surface area contributed by atoms with Gasteiger partial charge in [0, 0.05) is 6.07 Å². The van der Waals surface area contributed by atoms with E-state index in [1.165, 1.54) is 0 Å². The van der Waals surface area contributed by atoms with E-state index >= 15 is 0 Å². The molecule has 4 nitrogen and oxygen atoms in total. The van der Waals surface area contributed by atoms with E-state index < -0.39 is 0 Å². The molecule has 0 N–H and O–H groups in total. The Morgan fingerprint density at radius 1 is 0.893 bits per heavy atom. The molecular formula is C24H20O4. The molecule has 140 valence electrons. The lowest BCUT2D eigenvalue weighted by Crippen LogP contribution is -2.07. The first kappa shape index (κ1) is 17.9. The van der Waals surface area contributed by atoms with Crippen molar-refractivity contribution < 1.29 is 13.9 Å². The fourth-order valence-electron chi connectivity index (χ4n) is 3.24. The highest BCUT2D eigenvalue weighted by atomic mass is 16.5. The summed E-state index contributed by atoms with van der Waals surface area (Å²) in [4.78, 5) is 13.0. The Hall–Kier alpha value is -3.53. The zero-order valence-electron chi connectivity index (χ0n) is 15.8. The smallest absolute Gasteiger partial charge is 0.200 e. The van der Waals surface area contributed by atoms with Gasteiger partial charge in [0.2, 0.25) is 5.43 Å². The van der Waals surface area contributed by atoms with Crippen LogP contribution < -0.4 is 14.9 Å². The van der Waals surface area contributed by atoms with Gasteiger partial charge < -0.3 is 13.9 Å². The van der Waals surface area contributed by atoms with Crippen molar-refractivity contribution in [1.82, 2.24) is 0 Å². The van der Waals surface area contributed by atoms with Gasteiger partial charge in [-0.3, -0.25) is 4.79 Å². The predicted octanol–water partition coefficient (Wildman–Crippen LogP) is 5.36. The molecule has 3 aromatic carbocycles. The summed E-state index contributed by atoms with van der Waals surface area (Å²) in [5.74, 6) is 2.02. The average Bonchev–Trinajstić information content (AvgIpc) is 2.73. The first-order valence-corrected chi connectivity index (χ1v) is 9.04. The van der Waals surface area contributed by atoms with Crippen LogP contribution in [0.1, 0.15) is 11.3 Å². The summed E-state index contributed by atoms with van der Waals surface area (Å²) in [5, 5.41) is 0.540. The van der Waals surface area contributed by atoms with Crippen molar-refractivity contribution in [2.75, 3.05) is 7.11 Å². The highest BCUT2D eigenvalue weighted by Crippen LogP contribution is 2.26. The third kappa shape index (κ3) is 3.49. The molecular weight excluding hydrogens is 352 g/mol. The largest absolute Gasteiger partial charge is 0.497 e. The summed E-state index contributed by atoms with van der Waals surface area (Å²) < 4.78 is 17.1. The summed E-state index contributed by atoms with van der Waals surface area (Å²) in [7, 11) is 1.64. The molecule has 0 spiro atoms. The molecule has 0 unspecified atom stereocenters. The van der Waals surface area contributed by atoms with Gasteiger partial charge in [-0.25, -0.2) is 0 Å². The number of benzene rings is 3. The van der Waals surface area contributed by atoms with E-state index in [1.54, 1.807) is 25.3 Å². The van der Waals surface area contributed by atoms with Gasteiger partial charge in [0.15, 0.2) is 0 Å². The van der Waals surface area contributed by atoms with Crippen LogP contribution in [0.25, 0.3) is 22.1 Å². The predicted molar refractivity (Wildman–Crippen MR) is 110 cm³/mol. The van der Waals surface area contributed by atoms with Gasteiger partial charge in [-0.15, -0.1) is 0 Å². The molecule has 0 radical (unpaired) electrons. The van der Waals surface area contributed by atoms with Gasteiger partial charge in [-0.1, -0.05) is 42.5 Å². The zero-order valence-corrected chi connectivity index (χ0v) is 15.8. The Morgan fingerprint density at radius 2 is 1.71 bits per heavy atom. The van der Waals surface area contributed by atoms with E-state index in [1.807, 2.05) is 61.5 Å². The summed E-state index contributed by atoms with van der Waals surface area (Å²) in [5.41, 5.74) is 2.93. The first-order valence-electron chi connectivity index (χ1n) is 9.04. The minimum Gasteiger partial charge on any atom is -0.497 e. The molecule has 0 aliphatic carbocycles. The summed E-state index contributed by atoms with van der Waals surface area (Å²) in [6.07, 6.45) is 0. The first-order chi connectivity index (χ1) is 13.7. The van der Waals surface area contributed by atoms with Crippen LogP contribution in [0.2, 0.25) is 0 Å². The van der Waals surface area contributed by atoms with Crippen molar-refractivity contribution in [2.45, 2.75) is 13.5 Å². The van der Waals surface area contributed by atoms with Crippen LogP contribution >= 0.6 is 0 Å². The number of rotatable bonds is 5. The molecule has 4 heteroatoms. The highest BCUT2D eigenvalue weighted by Gasteiger charge is 2.14. The van der Waals surface area contributed by atoms with E-state index in [0.717, 1.165) is 16.9 Å². The van der Waals surface area contributed by atoms with Gasteiger partial charge in [0.25, 0.3) is 0 Å². The second-order valence-electron chi connectivity index (χ2n) is 6.53. The Bertz CT molecular complexity index is 1180. The molecule has 1 heterocycles. The van der Waals surface area contributed by atoms with Crippen molar-refractivity contribution in [3.05, 3.63) is 94.3 Å². The standard InChI is InChI=1S/C24H20O4/c1-16-23(18-8-4-3-5-9-18)24(25)21-12-11-20(14-22(21)28-16)27-15-17-7-6-10-19(13-17)26-2/h3-14H,15H2,1-2H3. The average molecular weight is 372 g/mol. The quantitative estimate of drug-likeness (QED) is 0.473. The second-order valence-corrected chi connectivity index (χ2v) is 6.53. The van der Waals surface area contributed by atoms with Crippen LogP contribution in [0.4, 0.5) is 0 Å². The van der Waals surface area contributed by atoms with Crippen LogP contribution in [-0.4, -0.2) is 7.11 Å². The number of hydrogen-bond donors (Lipinski definition) is 0.